The molecule has 1 amide bonds. The minimum absolute atomic E-state index is 0.0253. The van der Waals surface area contributed by atoms with Crippen molar-refractivity contribution in [3.8, 4) is 28.7 Å². The zero-order valence-corrected chi connectivity index (χ0v) is 22.7. The highest BCUT2D eigenvalue weighted by molar-refractivity contribution is 5.79. The van der Waals surface area contributed by atoms with E-state index in [1.54, 1.807) is 16.6 Å². The Morgan fingerprint density at radius 1 is 1.32 bits per heavy atom. The fourth-order valence-corrected chi connectivity index (χ4v) is 4.66. The summed E-state index contributed by atoms with van der Waals surface area (Å²) in [6, 6.07) is 9.19. The lowest BCUT2D eigenvalue weighted by molar-refractivity contribution is -0.0133. The molecule has 0 aliphatic heterocycles. The molecule has 4 aromatic heterocycles. The topological polar surface area (TPSA) is 155 Å². The first kappa shape index (κ1) is 27.9. The van der Waals surface area contributed by atoms with Crippen molar-refractivity contribution in [2.75, 3.05) is 19.0 Å². The van der Waals surface area contributed by atoms with Crippen molar-refractivity contribution >= 4 is 17.3 Å². The minimum Gasteiger partial charge on any atom is -0.453 e. The third-order valence-electron chi connectivity index (χ3n) is 7.14. The molecule has 214 valence electrons. The number of carbonyl (C=O) groups is 1. The third kappa shape index (κ3) is 5.80. The van der Waals surface area contributed by atoms with Gasteiger partial charge in [0.25, 0.3) is 0 Å². The number of methoxy groups -OCH3 is 1. The summed E-state index contributed by atoms with van der Waals surface area (Å²) in [5.41, 5.74) is 1.39. The van der Waals surface area contributed by atoms with Crippen molar-refractivity contribution in [2.45, 2.75) is 51.0 Å². The van der Waals surface area contributed by atoms with E-state index in [2.05, 4.69) is 41.8 Å². The van der Waals surface area contributed by atoms with Crippen LogP contribution < -0.4 is 10.6 Å². The Labute approximate surface area is 233 Å². The van der Waals surface area contributed by atoms with Gasteiger partial charge in [0.2, 0.25) is 5.95 Å². The van der Waals surface area contributed by atoms with Gasteiger partial charge in [-0.2, -0.15) is 14.8 Å². The number of fused-ring (bicyclic) bond motifs is 1. The number of aromatic nitrogens is 6. The highest BCUT2D eigenvalue weighted by Crippen LogP contribution is 2.36. The van der Waals surface area contributed by atoms with Crippen LogP contribution in [0.1, 0.15) is 32.3 Å². The van der Waals surface area contributed by atoms with Crippen LogP contribution in [0.2, 0.25) is 0 Å². The smallest absolute Gasteiger partial charge is 0.406 e. The van der Waals surface area contributed by atoms with Gasteiger partial charge in [-0.3, -0.25) is 4.98 Å². The van der Waals surface area contributed by atoms with Gasteiger partial charge in [0.15, 0.2) is 5.69 Å². The second kappa shape index (κ2) is 11.1. The van der Waals surface area contributed by atoms with Gasteiger partial charge in [-0.05, 0) is 56.9 Å². The standard InChI is InChI=1S/C27H29F2N9O3/c1-27(2,40)23(28)14-37-25(29)24(35-36-37)19-13-31-21(22-5-4-18-8-16(10-30)12-33-38(18)22)9-20(19)34-17-6-15(7-17)11-32-26(39)41-3/h4-5,8-9,12-13,15,17,23,40H,6-7,11,14H2,1-3H3,(H,31,34)(H,32,39)/t15-,17-,23-/m1/s1. The van der Waals surface area contributed by atoms with Gasteiger partial charge in [0, 0.05) is 30.0 Å². The largest absolute Gasteiger partial charge is 0.453 e. The van der Waals surface area contributed by atoms with Crippen molar-refractivity contribution in [1.29, 1.82) is 5.26 Å². The summed E-state index contributed by atoms with van der Waals surface area (Å²) < 4.78 is 37.0. The van der Waals surface area contributed by atoms with Crippen molar-refractivity contribution in [2.24, 2.45) is 5.92 Å². The first-order valence-electron chi connectivity index (χ1n) is 13.0. The molecule has 0 saturated heterocycles. The molecule has 1 saturated carbocycles. The summed E-state index contributed by atoms with van der Waals surface area (Å²) in [6.07, 6.45) is 2.16. The highest BCUT2D eigenvalue weighted by atomic mass is 19.1. The van der Waals surface area contributed by atoms with Crippen LogP contribution in [0.5, 0.6) is 0 Å². The quantitative estimate of drug-likeness (QED) is 0.277. The maximum atomic E-state index is 15.4. The van der Waals surface area contributed by atoms with Crippen LogP contribution in [0.4, 0.5) is 19.3 Å². The van der Waals surface area contributed by atoms with Crippen molar-refractivity contribution in [3.05, 3.63) is 48.2 Å². The fourth-order valence-electron chi connectivity index (χ4n) is 4.66. The van der Waals surface area contributed by atoms with Crippen LogP contribution >= 0.6 is 0 Å². The van der Waals surface area contributed by atoms with Gasteiger partial charge in [-0.25, -0.2) is 18.4 Å². The molecule has 4 heterocycles. The SMILES string of the molecule is COC(=O)NC[C@H]1C[C@H](Nc2cc(-c3ccc4cc(C#N)cnn34)ncc2-c2nnn(C[C@@H](F)C(C)(C)O)c2F)C1. The van der Waals surface area contributed by atoms with E-state index in [1.807, 2.05) is 12.1 Å². The lowest BCUT2D eigenvalue weighted by Gasteiger charge is -2.36. The summed E-state index contributed by atoms with van der Waals surface area (Å²) in [5, 5.41) is 37.4. The van der Waals surface area contributed by atoms with Crippen molar-refractivity contribution in [3.63, 3.8) is 0 Å². The minimum atomic E-state index is -1.77. The van der Waals surface area contributed by atoms with Crippen LogP contribution in [0.3, 0.4) is 0 Å². The van der Waals surface area contributed by atoms with Crippen LogP contribution in [-0.2, 0) is 11.3 Å². The second-order valence-corrected chi connectivity index (χ2v) is 10.6. The average molecular weight is 566 g/mol. The number of pyridine rings is 1. The van der Waals surface area contributed by atoms with E-state index in [1.165, 1.54) is 33.4 Å². The molecule has 1 aliphatic carbocycles. The van der Waals surface area contributed by atoms with Crippen LogP contribution in [-0.4, -0.2) is 72.3 Å². The Hall–Kier alpha value is -4.64. The van der Waals surface area contributed by atoms with E-state index in [9.17, 15) is 19.6 Å². The molecule has 41 heavy (non-hydrogen) atoms. The number of nitriles is 1. The maximum Gasteiger partial charge on any atom is 0.406 e. The van der Waals surface area contributed by atoms with Crippen LogP contribution in [0, 0.1) is 23.2 Å². The average Bonchev–Trinajstić information content (AvgIpc) is 3.51. The monoisotopic (exact) mass is 565 g/mol. The van der Waals surface area contributed by atoms with Gasteiger partial charge >= 0.3 is 6.09 Å². The molecule has 12 nitrogen and oxygen atoms in total. The number of amides is 1. The molecule has 0 spiro atoms. The van der Waals surface area contributed by atoms with E-state index in [0.717, 1.165) is 17.5 Å². The number of hydrogen-bond donors (Lipinski definition) is 3. The Morgan fingerprint density at radius 3 is 2.80 bits per heavy atom. The molecule has 0 bridgehead atoms. The predicted molar refractivity (Wildman–Crippen MR) is 144 cm³/mol. The Balaban J connectivity index is 1.46. The summed E-state index contributed by atoms with van der Waals surface area (Å²) in [7, 11) is 1.31. The summed E-state index contributed by atoms with van der Waals surface area (Å²) in [6.45, 7) is 2.55. The number of hydrogen-bond acceptors (Lipinski definition) is 9. The van der Waals surface area contributed by atoms with Crippen molar-refractivity contribution < 1.29 is 23.4 Å². The van der Waals surface area contributed by atoms with Gasteiger partial charge in [0.1, 0.15) is 12.2 Å². The van der Waals surface area contributed by atoms with Crippen LogP contribution in [0.15, 0.2) is 36.7 Å². The van der Waals surface area contributed by atoms with Gasteiger partial charge < -0.3 is 20.5 Å². The number of alkyl carbamates (subject to hydrolysis) is 1. The van der Waals surface area contributed by atoms with Gasteiger partial charge in [0.05, 0.1) is 47.9 Å². The van der Waals surface area contributed by atoms with E-state index >= 15 is 4.39 Å². The molecular formula is C27H29F2N9O3. The fraction of sp³-hybridized carbons (Fsp3) is 0.407. The number of carbonyl (C=O) groups excluding carboxylic acids is 1. The number of nitrogens with zero attached hydrogens (tertiary/aromatic N) is 7. The molecule has 1 fully saturated rings. The Bertz CT molecular complexity index is 1620. The Kier molecular flexibility index (Phi) is 7.55. The molecule has 0 aromatic carbocycles. The first-order chi connectivity index (χ1) is 19.6. The lowest BCUT2D eigenvalue weighted by Crippen LogP contribution is -2.42. The van der Waals surface area contributed by atoms with E-state index in [4.69, 9.17) is 0 Å². The number of halogens is 2. The lowest BCUT2D eigenvalue weighted by atomic mass is 9.80. The molecule has 1 aliphatic rings. The van der Waals surface area contributed by atoms with Crippen molar-refractivity contribution in [1.82, 2.24) is 34.9 Å². The van der Waals surface area contributed by atoms with Gasteiger partial charge in [-0.1, -0.05) is 5.21 Å². The second-order valence-electron chi connectivity index (χ2n) is 10.6. The summed E-state index contributed by atoms with van der Waals surface area (Å²) in [5.74, 6) is -0.618. The molecule has 1 atom stereocenters. The normalized spacial score (nSPS) is 17.5. The van der Waals surface area contributed by atoms with E-state index < -0.39 is 30.4 Å². The molecule has 3 N–H and O–H groups in total. The number of aliphatic hydroxyl groups is 1. The number of rotatable bonds is 9. The summed E-state index contributed by atoms with van der Waals surface area (Å²) in [4.78, 5) is 15.9. The maximum absolute atomic E-state index is 15.4. The summed E-state index contributed by atoms with van der Waals surface area (Å²) >= 11 is 0. The molecular weight excluding hydrogens is 536 g/mol. The number of nitrogens with one attached hydrogen (secondary N) is 2. The predicted octanol–water partition coefficient (Wildman–Crippen LogP) is 3.32. The Morgan fingerprint density at radius 2 is 2.10 bits per heavy atom. The number of alkyl halides is 1. The van der Waals surface area contributed by atoms with Gasteiger partial charge in [-0.15, -0.1) is 5.10 Å². The number of ether oxygens (including phenoxy) is 1. The third-order valence-corrected chi connectivity index (χ3v) is 7.14. The van der Waals surface area contributed by atoms with Crippen LogP contribution in [0.25, 0.3) is 28.2 Å². The molecule has 14 heteroatoms. The number of anilines is 1. The highest BCUT2D eigenvalue weighted by Gasteiger charge is 2.32. The molecule has 0 radical (unpaired) electrons. The van der Waals surface area contributed by atoms with E-state index in [-0.39, 0.29) is 17.7 Å². The van der Waals surface area contributed by atoms with E-state index in [0.29, 0.717) is 40.3 Å². The molecule has 4 aromatic rings. The first-order valence-corrected chi connectivity index (χ1v) is 13.0. The molecule has 0 unspecified atom stereocenters. The zero-order chi connectivity index (χ0) is 29.3. The zero-order valence-electron chi connectivity index (χ0n) is 22.7. The molecule has 5 rings (SSSR count).